The summed E-state index contributed by atoms with van der Waals surface area (Å²) in [5.74, 6) is 1.44. The van der Waals surface area contributed by atoms with Crippen molar-refractivity contribution in [2.45, 2.75) is 45.3 Å². The Morgan fingerprint density at radius 2 is 2.03 bits per heavy atom. The summed E-state index contributed by atoms with van der Waals surface area (Å²) in [4.78, 5) is 23.4. The maximum absolute atomic E-state index is 12.5. The van der Waals surface area contributed by atoms with E-state index >= 15 is 0 Å². The molecule has 1 fully saturated rings. The Hall–Kier alpha value is -3.66. The molecular weight excluding hydrogens is 476 g/mol. The fourth-order valence-corrected chi connectivity index (χ4v) is 5.09. The van der Waals surface area contributed by atoms with Crippen molar-refractivity contribution in [2.75, 3.05) is 18.4 Å². The minimum atomic E-state index is -0.499. The molecule has 0 bridgehead atoms. The number of aromatic nitrogens is 4. The number of piperidine rings is 1. The van der Waals surface area contributed by atoms with E-state index in [1.165, 1.54) is 0 Å². The summed E-state index contributed by atoms with van der Waals surface area (Å²) >= 11 is 1.58. The van der Waals surface area contributed by atoms with Crippen LogP contribution in [0.15, 0.2) is 48.9 Å². The molecule has 4 heterocycles. The number of aryl methyl sites for hydroxylation is 1. The van der Waals surface area contributed by atoms with Crippen LogP contribution in [0.3, 0.4) is 0 Å². The number of rotatable bonds is 5. The molecule has 36 heavy (non-hydrogen) atoms. The van der Waals surface area contributed by atoms with Gasteiger partial charge in [0.15, 0.2) is 5.13 Å². The molecule has 0 spiro atoms. The number of hydrogen-bond acceptors (Lipinski definition) is 8. The van der Waals surface area contributed by atoms with Gasteiger partial charge in [0, 0.05) is 56.3 Å². The monoisotopic (exact) mass is 506 g/mol. The van der Waals surface area contributed by atoms with E-state index in [4.69, 9.17) is 14.5 Å². The van der Waals surface area contributed by atoms with Crippen LogP contribution in [0.5, 0.6) is 11.5 Å². The summed E-state index contributed by atoms with van der Waals surface area (Å²) in [6, 6.07) is 9.75. The molecule has 0 aliphatic carbocycles. The lowest BCUT2D eigenvalue weighted by Gasteiger charge is -2.34. The smallest absolute Gasteiger partial charge is 0.410 e. The van der Waals surface area contributed by atoms with Crippen molar-refractivity contribution in [1.29, 1.82) is 0 Å². The molecular formula is C26H30N6O3S. The van der Waals surface area contributed by atoms with Crippen molar-refractivity contribution in [3.8, 4) is 22.8 Å². The number of ether oxygens (including phenoxy) is 2. The summed E-state index contributed by atoms with van der Waals surface area (Å²) in [7, 11) is 1.88. The minimum Gasteiger partial charge on any atom is -0.457 e. The molecule has 10 heteroatoms. The lowest BCUT2D eigenvalue weighted by atomic mass is 10.1. The molecule has 9 nitrogen and oxygen atoms in total. The summed E-state index contributed by atoms with van der Waals surface area (Å²) in [5.41, 5.74) is 2.14. The average Bonchev–Trinajstić information content (AvgIpc) is 3.43. The van der Waals surface area contributed by atoms with Crippen molar-refractivity contribution in [3.63, 3.8) is 0 Å². The number of thiazole rings is 1. The van der Waals surface area contributed by atoms with E-state index in [9.17, 15) is 4.79 Å². The van der Waals surface area contributed by atoms with Crippen LogP contribution in [0.25, 0.3) is 21.5 Å². The molecule has 1 amide bonds. The van der Waals surface area contributed by atoms with E-state index in [1.54, 1.807) is 33.3 Å². The molecule has 1 saturated heterocycles. The van der Waals surface area contributed by atoms with E-state index < -0.39 is 5.60 Å². The molecule has 1 atom stereocenters. The highest BCUT2D eigenvalue weighted by Crippen LogP contribution is 2.33. The number of carbonyl (C=O) groups excluding carboxylic acids is 1. The van der Waals surface area contributed by atoms with E-state index in [-0.39, 0.29) is 12.1 Å². The van der Waals surface area contributed by atoms with Crippen LogP contribution < -0.4 is 10.1 Å². The standard InChI is InChI=1S/C26H30N6O3S/c1-26(2,3)35-25(33)32-11-5-6-18(16-32)29-24-30-21-8-7-19(13-23(21)36-24)34-20-9-10-27-22(12-20)17-14-28-31(4)15-17/h7-10,12-15,18H,5-6,11,16H2,1-4H3,(H,29,30)/t18-/m0/s1. The predicted octanol–water partition coefficient (Wildman–Crippen LogP) is 5.70. The van der Waals surface area contributed by atoms with Gasteiger partial charge in [-0.25, -0.2) is 9.78 Å². The highest BCUT2D eigenvalue weighted by Gasteiger charge is 2.28. The topological polar surface area (TPSA) is 94.4 Å². The van der Waals surface area contributed by atoms with Crippen molar-refractivity contribution in [2.24, 2.45) is 7.05 Å². The zero-order chi connectivity index (χ0) is 25.3. The molecule has 5 rings (SSSR count). The number of fused-ring (bicyclic) bond motifs is 1. The summed E-state index contributed by atoms with van der Waals surface area (Å²) in [5, 5.41) is 8.56. The van der Waals surface area contributed by atoms with E-state index in [0.29, 0.717) is 18.8 Å². The first kappa shape index (κ1) is 24.1. The van der Waals surface area contributed by atoms with Crippen molar-refractivity contribution < 1.29 is 14.3 Å². The highest BCUT2D eigenvalue weighted by atomic mass is 32.1. The Bertz CT molecular complexity index is 1380. The number of pyridine rings is 1. The zero-order valence-electron chi connectivity index (χ0n) is 20.9. The first-order valence-electron chi connectivity index (χ1n) is 12.0. The van der Waals surface area contributed by atoms with E-state index in [1.807, 2.05) is 64.3 Å². The minimum absolute atomic E-state index is 0.130. The zero-order valence-corrected chi connectivity index (χ0v) is 21.7. The van der Waals surface area contributed by atoms with Crippen molar-refractivity contribution in [3.05, 3.63) is 48.9 Å². The van der Waals surface area contributed by atoms with Crippen LogP contribution in [-0.4, -0.2) is 55.5 Å². The fraction of sp³-hybridized carbons (Fsp3) is 0.385. The Balaban J connectivity index is 1.25. The van der Waals surface area contributed by atoms with Gasteiger partial charge in [-0.05, 0) is 51.8 Å². The van der Waals surface area contributed by atoms with Crippen LogP contribution in [0.4, 0.5) is 9.93 Å². The van der Waals surface area contributed by atoms with Gasteiger partial charge in [0.2, 0.25) is 0 Å². The van der Waals surface area contributed by atoms with E-state index in [0.717, 1.165) is 45.2 Å². The van der Waals surface area contributed by atoms with Crippen LogP contribution in [0.2, 0.25) is 0 Å². The van der Waals surface area contributed by atoms with Crippen LogP contribution in [0.1, 0.15) is 33.6 Å². The van der Waals surface area contributed by atoms with Gasteiger partial charge in [0.05, 0.1) is 22.1 Å². The number of nitrogens with one attached hydrogen (secondary N) is 1. The number of hydrogen-bond donors (Lipinski definition) is 1. The number of carbonyl (C=O) groups is 1. The second kappa shape index (κ2) is 9.77. The predicted molar refractivity (Wildman–Crippen MR) is 141 cm³/mol. The molecule has 3 aromatic heterocycles. The van der Waals surface area contributed by atoms with Gasteiger partial charge in [-0.15, -0.1) is 0 Å². The van der Waals surface area contributed by atoms with Crippen molar-refractivity contribution >= 4 is 32.8 Å². The SMILES string of the molecule is Cn1cc(-c2cc(Oc3ccc4nc(N[C@H]5CCCN(C(=O)OC(C)(C)C)C5)sc4c3)ccn2)cn1. The molecule has 188 valence electrons. The largest absolute Gasteiger partial charge is 0.457 e. The number of amides is 1. The molecule has 1 aliphatic rings. The molecule has 1 aliphatic heterocycles. The highest BCUT2D eigenvalue weighted by molar-refractivity contribution is 7.22. The number of anilines is 1. The quantitative estimate of drug-likeness (QED) is 0.371. The third-order valence-corrected chi connectivity index (χ3v) is 6.68. The Morgan fingerprint density at radius 1 is 1.19 bits per heavy atom. The average molecular weight is 507 g/mol. The van der Waals surface area contributed by atoms with Crippen LogP contribution >= 0.6 is 11.3 Å². The number of nitrogens with zero attached hydrogens (tertiary/aromatic N) is 5. The van der Waals surface area contributed by atoms with Gasteiger partial charge in [-0.2, -0.15) is 5.10 Å². The van der Waals surface area contributed by atoms with Crippen LogP contribution in [0, 0.1) is 0 Å². The van der Waals surface area contributed by atoms with E-state index in [2.05, 4.69) is 15.4 Å². The fourth-order valence-electron chi connectivity index (χ4n) is 4.11. The second-order valence-corrected chi connectivity index (χ2v) is 11.0. The first-order valence-corrected chi connectivity index (χ1v) is 12.8. The summed E-state index contributed by atoms with van der Waals surface area (Å²) in [6.45, 7) is 6.97. The first-order chi connectivity index (χ1) is 17.2. The Labute approximate surface area is 214 Å². The molecule has 4 aromatic rings. The van der Waals surface area contributed by atoms with Crippen LogP contribution in [-0.2, 0) is 11.8 Å². The van der Waals surface area contributed by atoms with Gasteiger partial charge in [-0.1, -0.05) is 11.3 Å². The summed E-state index contributed by atoms with van der Waals surface area (Å²) < 4.78 is 14.4. The molecule has 1 N–H and O–H groups in total. The number of likely N-dealkylation sites (tertiary alicyclic amines) is 1. The Kier molecular flexibility index (Phi) is 6.53. The molecule has 0 unspecified atom stereocenters. The molecule has 0 radical (unpaired) electrons. The van der Waals surface area contributed by atoms with Crippen molar-refractivity contribution in [1.82, 2.24) is 24.6 Å². The van der Waals surface area contributed by atoms with Gasteiger partial charge < -0.3 is 19.7 Å². The molecule has 0 saturated carbocycles. The maximum Gasteiger partial charge on any atom is 0.410 e. The molecule has 1 aromatic carbocycles. The normalized spacial score (nSPS) is 16.2. The maximum atomic E-state index is 12.5. The lowest BCUT2D eigenvalue weighted by Crippen LogP contribution is -2.46. The third-order valence-electron chi connectivity index (χ3n) is 5.73. The Morgan fingerprint density at radius 3 is 2.81 bits per heavy atom. The van der Waals surface area contributed by atoms with Gasteiger partial charge in [-0.3, -0.25) is 9.67 Å². The number of benzene rings is 1. The van der Waals surface area contributed by atoms with Gasteiger partial charge in [0.1, 0.15) is 17.1 Å². The lowest BCUT2D eigenvalue weighted by molar-refractivity contribution is 0.0206. The van der Waals surface area contributed by atoms with Gasteiger partial charge in [0.25, 0.3) is 0 Å². The second-order valence-electron chi connectivity index (χ2n) is 9.94. The van der Waals surface area contributed by atoms with Gasteiger partial charge >= 0.3 is 6.09 Å². The third kappa shape index (κ3) is 5.76. The summed E-state index contributed by atoms with van der Waals surface area (Å²) in [6.07, 6.45) is 7.07.